The van der Waals surface area contributed by atoms with Crippen molar-refractivity contribution in [2.75, 3.05) is 0 Å². The minimum absolute atomic E-state index is 0.144. The number of nitriles is 1. The number of sulfonamides is 1. The lowest BCUT2D eigenvalue weighted by Gasteiger charge is -2.06. The molecule has 7 heteroatoms. The first kappa shape index (κ1) is 13.7. The summed E-state index contributed by atoms with van der Waals surface area (Å²) in [6.45, 7) is 2.08. The van der Waals surface area contributed by atoms with E-state index in [1.54, 1.807) is 12.4 Å². The number of hydrogen-bond donors (Lipinski definition) is 1. The number of aryl methyl sites for hydroxylation is 1. The Labute approximate surface area is 115 Å². The third kappa shape index (κ3) is 3.17. The van der Waals surface area contributed by atoms with Crippen LogP contribution in [0.25, 0.3) is 0 Å². The Morgan fingerprint density at radius 3 is 2.84 bits per heavy atom. The molecule has 0 fully saturated rings. The third-order valence-electron chi connectivity index (χ3n) is 2.56. The van der Waals surface area contributed by atoms with Gasteiger partial charge < -0.3 is 0 Å². The van der Waals surface area contributed by atoms with Crippen LogP contribution in [0, 0.1) is 18.3 Å². The molecule has 0 saturated heterocycles. The fourth-order valence-corrected chi connectivity index (χ4v) is 3.60. The Morgan fingerprint density at radius 2 is 2.21 bits per heavy atom. The zero-order valence-electron chi connectivity index (χ0n) is 10.1. The first-order valence-corrected chi connectivity index (χ1v) is 7.72. The first-order chi connectivity index (χ1) is 9.03. The van der Waals surface area contributed by atoms with E-state index >= 15 is 0 Å². The molecule has 98 valence electrons. The highest BCUT2D eigenvalue weighted by Gasteiger charge is 2.16. The van der Waals surface area contributed by atoms with E-state index in [1.165, 1.54) is 12.1 Å². The topological polar surface area (TPSA) is 82.8 Å². The summed E-state index contributed by atoms with van der Waals surface area (Å²) in [7, 11) is -3.57. The Bertz CT molecular complexity index is 729. The van der Waals surface area contributed by atoms with Crippen molar-refractivity contribution >= 4 is 21.4 Å². The number of nitrogens with zero attached hydrogens (tertiary/aromatic N) is 2. The highest BCUT2D eigenvalue weighted by molar-refractivity contribution is 7.91. The largest absolute Gasteiger partial charge is 0.264 e. The number of hydrogen-bond acceptors (Lipinski definition) is 5. The maximum atomic E-state index is 12.0. The molecule has 2 aromatic rings. The van der Waals surface area contributed by atoms with Crippen molar-refractivity contribution in [2.45, 2.75) is 17.7 Å². The molecule has 0 bridgehead atoms. The Morgan fingerprint density at radius 1 is 1.42 bits per heavy atom. The van der Waals surface area contributed by atoms with Crippen molar-refractivity contribution in [1.29, 1.82) is 5.26 Å². The van der Waals surface area contributed by atoms with E-state index in [1.807, 2.05) is 19.1 Å². The van der Waals surface area contributed by atoms with Crippen LogP contribution in [-0.4, -0.2) is 13.4 Å². The highest BCUT2D eigenvalue weighted by atomic mass is 32.2. The molecule has 5 nitrogen and oxygen atoms in total. The quantitative estimate of drug-likeness (QED) is 0.931. The van der Waals surface area contributed by atoms with Gasteiger partial charge in [0.05, 0.1) is 0 Å². The van der Waals surface area contributed by atoms with Crippen LogP contribution in [0.15, 0.2) is 34.8 Å². The van der Waals surface area contributed by atoms with Crippen LogP contribution in [0.3, 0.4) is 0 Å². The summed E-state index contributed by atoms with van der Waals surface area (Å²) in [6.07, 6.45) is 3.29. The number of nitrogens with one attached hydrogen (secondary N) is 1. The number of thiophene rings is 1. The van der Waals surface area contributed by atoms with Crippen molar-refractivity contribution in [3.63, 3.8) is 0 Å². The molecular weight excluding hydrogens is 282 g/mol. The second-order valence-electron chi connectivity index (χ2n) is 3.86. The van der Waals surface area contributed by atoms with Crippen molar-refractivity contribution in [1.82, 2.24) is 9.71 Å². The normalized spacial score (nSPS) is 11.2. The predicted molar refractivity (Wildman–Crippen MR) is 72.0 cm³/mol. The molecule has 0 saturated carbocycles. The summed E-state index contributed by atoms with van der Waals surface area (Å²) in [5.41, 5.74) is 1.80. The summed E-state index contributed by atoms with van der Waals surface area (Å²) >= 11 is 0.952. The molecule has 2 aromatic heterocycles. The molecule has 0 amide bonds. The van der Waals surface area contributed by atoms with E-state index in [9.17, 15) is 8.42 Å². The molecule has 0 radical (unpaired) electrons. The summed E-state index contributed by atoms with van der Waals surface area (Å²) in [5, 5.41) is 8.70. The second-order valence-corrected chi connectivity index (χ2v) is 6.93. The molecular formula is C12H11N3O2S2. The average Bonchev–Trinajstić information content (AvgIpc) is 2.87. The lowest BCUT2D eigenvalue weighted by Crippen LogP contribution is -2.22. The van der Waals surface area contributed by atoms with E-state index in [4.69, 9.17) is 5.26 Å². The lowest BCUT2D eigenvalue weighted by atomic mass is 10.2. The van der Waals surface area contributed by atoms with Gasteiger partial charge in [-0.2, -0.15) is 5.26 Å². The number of pyridine rings is 1. The standard InChI is InChI=1S/C12H11N3O2S2/c1-9-4-5-14-7-10(9)8-15-19(16,17)12-3-2-11(6-13)18-12/h2-5,7,15H,8H2,1H3. The second kappa shape index (κ2) is 5.48. The molecule has 0 aliphatic heterocycles. The fraction of sp³-hybridized carbons (Fsp3) is 0.167. The molecule has 0 spiro atoms. The van der Waals surface area contributed by atoms with Gasteiger partial charge in [-0.1, -0.05) is 0 Å². The summed E-state index contributed by atoms with van der Waals surface area (Å²) in [4.78, 5) is 4.33. The fourth-order valence-electron chi connectivity index (χ4n) is 1.45. The van der Waals surface area contributed by atoms with E-state index < -0.39 is 10.0 Å². The highest BCUT2D eigenvalue weighted by Crippen LogP contribution is 2.20. The van der Waals surface area contributed by atoms with Crippen LogP contribution in [0.1, 0.15) is 16.0 Å². The number of aromatic nitrogens is 1. The van der Waals surface area contributed by atoms with Gasteiger partial charge in [-0.05, 0) is 36.2 Å². The third-order valence-corrected chi connectivity index (χ3v) is 5.44. The molecule has 0 atom stereocenters. The van der Waals surface area contributed by atoms with Crippen LogP contribution in [0.5, 0.6) is 0 Å². The minimum Gasteiger partial charge on any atom is -0.264 e. The Hall–Kier alpha value is -1.75. The van der Waals surface area contributed by atoms with Gasteiger partial charge in [0.1, 0.15) is 15.2 Å². The summed E-state index contributed by atoms with van der Waals surface area (Å²) < 4.78 is 26.7. The summed E-state index contributed by atoms with van der Waals surface area (Å²) in [6, 6.07) is 6.67. The van der Waals surface area contributed by atoms with Gasteiger partial charge in [0.2, 0.25) is 10.0 Å². The zero-order chi connectivity index (χ0) is 13.9. The van der Waals surface area contributed by atoms with E-state index in [2.05, 4.69) is 9.71 Å². The zero-order valence-corrected chi connectivity index (χ0v) is 11.8. The molecule has 2 rings (SSSR count). The molecule has 19 heavy (non-hydrogen) atoms. The average molecular weight is 293 g/mol. The monoisotopic (exact) mass is 293 g/mol. The van der Waals surface area contributed by atoms with Gasteiger partial charge in [-0.15, -0.1) is 11.3 Å². The van der Waals surface area contributed by atoms with Gasteiger partial charge in [0.25, 0.3) is 0 Å². The van der Waals surface area contributed by atoms with Crippen molar-refractivity contribution in [2.24, 2.45) is 0 Å². The van der Waals surface area contributed by atoms with Gasteiger partial charge in [-0.25, -0.2) is 13.1 Å². The van der Waals surface area contributed by atoms with Gasteiger partial charge in [0, 0.05) is 18.9 Å². The Balaban J connectivity index is 2.15. The van der Waals surface area contributed by atoms with Crippen LogP contribution in [-0.2, 0) is 16.6 Å². The van der Waals surface area contributed by atoms with Crippen molar-refractivity contribution in [3.05, 3.63) is 46.6 Å². The molecule has 0 unspecified atom stereocenters. The van der Waals surface area contributed by atoms with Crippen LogP contribution < -0.4 is 4.72 Å². The molecule has 1 N–H and O–H groups in total. The minimum atomic E-state index is -3.57. The first-order valence-electron chi connectivity index (χ1n) is 5.42. The van der Waals surface area contributed by atoms with E-state index in [-0.39, 0.29) is 10.8 Å². The van der Waals surface area contributed by atoms with Crippen LogP contribution >= 0.6 is 11.3 Å². The van der Waals surface area contributed by atoms with Gasteiger partial charge >= 0.3 is 0 Å². The molecule has 0 aliphatic rings. The SMILES string of the molecule is Cc1ccncc1CNS(=O)(=O)c1ccc(C#N)s1. The summed E-state index contributed by atoms with van der Waals surface area (Å²) in [5.74, 6) is 0. The smallest absolute Gasteiger partial charge is 0.250 e. The Kier molecular flexibility index (Phi) is 3.95. The molecule has 0 aromatic carbocycles. The predicted octanol–water partition coefficient (Wildman–Crippen LogP) is 1.80. The van der Waals surface area contributed by atoms with E-state index in [0.29, 0.717) is 4.88 Å². The molecule has 0 aliphatic carbocycles. The van der Waals surface area contributed by atoms with Gasteiger partial charge in [0.15, 0.2) is 0 Å². The maximum absolute atomic E-state index is 12.0. The molecule has 2 heterocycles. The van der Waals surface area contributed by atoms with Crippen LogP contribution in [0.2, 0.25) is 0 Å². The van der Waals surface area contributed by atoms with Crippen molar-refractivity contribution in [3.8, 4) is 6.07 Å². The maximum Gasteiger partial charge on any atom is 0.250 e. The van der Waals surface area contributed by atoms with Crippen LogP contribution in [0.4, 0.5) is 0 Å². The van der Waals surface area contributed by atoms with Gasteiger partial charge in [-0.3, -0.25) is 4.98 Å². The van der Waals surface area contributed by atoms with Crippen molar-refractivity contribution < 1.29 is 8.42 Å². The van der Waals surface area contributed by atoms with E-state index in [0.717, 1.165) is 22.5 Å². The number of rotatable bonds is 4. The lowest BCUT2D eigenvalue weighted by molar-refractivity contribution is 0.583.